The first-order chi connectivity index (χ1) is 9.00. The SMILES string of the molecule is O=C(O)c1c[nH]c2c(C3CC3)c(Cl)c(F)cc2c1=O.[B]. The molecule has 2 aromatic rings. The monoisotopic (exact) mass is 292 g/mol. The van der Waals surface area contributed by atoms with Crippen LogP contribution in [0, 0.1) is 5.82 Å². The first-order valence-corrected chi connectivity index (χ1v) is 6.15. The van der Waals surface area contributed by atoms with E-state index in [0.717, 1.165) is 25.1 Å². The van der Waals surface area contributed by atoms with E-state index in [1.807, 2.05) is 0 Å². The summed E-state index contributed by atoms with van der Waals surface area (Å²) in [6.45, 7) is 0. The summed E-state index contributed by atoms with van der Waals surface area (Å²) >= 11 is 5.95. The molecule has 1 aromatic carbocycles. The molecule has 0 unspecified atom stereocenters. The van der Waals surface area contributed by atoms with Gasteiger partial charge in [0.25, 0.3) is 0 Å². The van der Waals surface area contributed by atoms with Gasteiger partial charge in [0.2, 0.25) is 5.43 Å². The lowest BCUT2D eigenvalue weighted by Gasteiger charge is -2.09. The summed E-state index contributed by atoms with van der Waals surface area (Å²) in [5.74, 6) is -1.90. The quantitative estimate of drug-likeness (QED) is 0.836. The van der Waals surface area contributed by atoms with Crippen LogP contribution in [-0.2, 0) is 0 Å². The highest BCUT2D eigenvalue weighted by Crippen LogP contribution is 2.46. The third-order valence-electron chi connectivity index (χ3n) is 3.32. The van der Waals surface area contributed by atoms with Gasteiger partial charge >= 0.3 is 5.97 Å². The zero-order valence-electron chi connectivity index (χ0n) is 10.2. The molecule has 2 N–H and O–H groups in total. The predicted octanol–water partition coefficient (Wildman–Crippen LogP) is 2.52. The molecular weight excluding hydrogens is 283 g/mol. The summed E-state index contributed by atoms with van der Waals surface area (Å²) in [5.41, 5.74) is -0.0932. The molecule has 0 amide bonds. The van der Waals surface area contributed by atoms with Gasteiger partial charge in [-0.05, 0) is 24.8 Å². The minimum Gasteiger partial charge on any atom is -0.477 e. The number of halogens is 2. The number of hydrogen-bond acceptors (Lipinski definition) is 2. The van der Waals surface area contributed by atoms with E-state index in [1.165, 1.54) is 0 Å². The van der Waals surface area contributed by atoms with Crippen molar-refractivity contribution in [3.05, 3.63) is 44.5 Å². The van der Waals surface area contributed by atoms with Crippen LogP contribution >= 0.6 is 11.6 Å². The number of benzene rings is 1. The third-order valence-corrected chi connectivity index (χ3v) is 3.71. The third kappa shape index (κ3) is 2.10. The van der Waals surface area contributed by atoms with Gasteiger partial charge in [-0.15, -0.1) is 0 Å². The summed E-state index contributed by atoms with van der Waals surface area (Å²) in [6, 6.07) is 0.995. The maximum absolute atomic E-state index is 13.8. The molecule has 1 aliphatic rings. The Labute approximate surface area is 120 Å². The maximum atomic E-state index is 13.8. The Morgan fingerprint density at radius 1 is 1.45 bits per heavy atom. The number of aromatic carboxylic acids is 1. The lowest BCUT2D eigenvalue weighted by Crippen LogP contribution is -2.16. The number of fused-ring (bicyclic) bond motifs is 1. The Bertz CT molecular complexity index is 770. The van der Waals surface area contributed by atoms with E-state index in [2.05, 4.69) is 4.98 Å². The first-order valence-electron chi connectivity index (χ1n) is 5.77. The van der Waals surface area contributed by atoms with Gasteiger partial charge in [0.15, 0.2) is 0 Å². The van der Waals surface area contributed by atoms with Gasteiger partial charge in [0.05, 0.1) is 10.5 Å². The van der Waals surface area contributed by atoms with Crippen molar-refractivity contribution in [3.8, 4) is 0 Å². The normalized spacial score (nSPS) is 14.1. The zero-order valence-corrected chi connectivity index (χ0v) is 11.0. The van der Waals surface area contributed by atoms with Gasteiger partial charge in [-0.3, -0.25) is 4.79 Å². The summed E-state index contributed by atoms with van der Waals surface area (Å²) in [6.07, 6.45) is 2.91. The highest BCUT2D eigenvalue weighted by Gasteiger charge is 2.30. The molecule has 1 heterocycles. The van der Waals surface area contributed by atoms with Crippen LogP contribution in [-0.4, -0.2) is 24.5 Å². The Kier molecular flexibility index (Phi) is 3.60. The average molecular weight is 292 g/mol. The molecule has 0 saturated heterocycles. The smallest absolute Gasteiger partial charge is 0.341 e. The van der Waals surface area contributed by atoms with Gasteiger partial charge in [-0.1, -0.05) is 11.6 Å². The van der Waals surface area contributed by atoms with Crippen molar-refractivity contribution in [1.29, 1.82) is 0 Å². The standard InChI is InChI=1S/C13H9ClFNO3.B/c14-10-8(15)3-6-11(9(10)5-1-2-5)16-4-7(12(6)17)13(18)19;/h3-5H,1-2H2,(H,16,17)(H,18,19);. The predicted molar refractivity (Wildman–Crippen MR) is 74.2 cm³/mol. The van der Waals surface area contributed by atoms with E-state index in [-0.39, 0.29) is 24.7 Å². The maximum Gasteiger partial charge on any atom is 0.341 e. The average Bonchev–Trinajstić information content (AvgIpc) is 3.16. The largest absolute Gasteiger partial charge is 0.477 e. The van der Waals surface area contributed by atoms with Crippen LogP contribution < -0.4 is 5.43 Å². The van der Waals surface area contributed by atoms with Crippen LogP contribution in [0.15, 0.2) is 17.1 Å². The van der Waals surface area contributed by atoms with Crippen LogP contribution in [0.25, 0.3) is 10.9 Å². The van der Waals surface area contributed by atoms with E-state index < -0.39 is 22.8 Å². The molecule has 3 rings (SSSR count). The number of carboxylic acids is 1. The van der Waals surface area contributed by atoms with E-state index in [4.69, 9.17) is 16.7 Å². The number of pyridine rings is 1. The first kappa shape index (κ1) is 14.6. The summed E-state index contributed by atoms with van der Waals surface area (Å²) in [4.78, 5) is 25.7. The molecule has 0 aliphatic heterocycles. The molecule has 3 radical (unpaired) electrons. The van der Waals surface area contributed by atoms with E-state index in [1.54, 1.807) is 0 Å². The van der Waals surface area contributed by atoms with Crippen molar-refractivity contribution in [2.45, 2.75) is 18.8 Å². The Morgan fingerprint density at radius 3 is 2.65 bits per heavy atom. The van der Waals surface area contributed by atoms with Crippen LogP contribution in [0.3, 0.4) is 0 Å². The van der Waals surface area contributed by atoms with Crippen LogP contribution in [0.4, 0.5) is 4.39 Å². The number of rotatable bonds is 2. The number of H-pyrrole nitrogens is 1. The highest BCUT2D eigenvalue weighted by molar-refractivity contribution is 6.32. The molecule has 101 valence electrons. The number of aromatic amines is 1. The van der Waals surface area contributed by atoms with Gasteiger partial charge < -0.3 is 10.1 Å². The van der Waals surface area contributed by atoms with Crippen LogP contribution in [0.2, 0.25) is 5.02 Å². The fourth-order valence-corrected chi connectivity index (χ4v) is 2.55. The molecule has 1 fully saturated rings. The van der Waals surface area contributed by atoms with E-state index in [9.17, 15) is 14.0 Å². The van der Waals surface area contributed by atoms with E-state index in [0.29, 0.717) is 11.1 Å². The Balaban J connectivity index is 0.00000147. The van der Waals surface area contributed by atoms with Crippen LogP contribution in [0.5, 0.6) is 0 Å². The molecule has 7 heteroatoms. The Morgan fingerprint density at radius 2 is 2.10 bits per heavy atom. The van der Waals surface area contributed by atoms with Crippen molar-refractivity contribution >= 4 is 36.9 Å². The molecule has 0 atom stereocenters. The second kappa shape index (κ2) is 4.94. The number of hydrogen-bond donors (Lipinski definition) is 2. The second-order valence-electron chi connectivity index (χ2n) is 4.62. The fourth-order valence-electron chi connectivity index (χ4n) is 2.25. The lowest BCUT2D eigenvalue weighted by molar-refractivity contribution is 0.0695. The van der Waals surface area contributed by atoms with Crippen LogP contribution in [0.1, 0.15) is 34.7 Å². The highest BCUT2D eigenvalue weighted by atomic mass is 35.5. The van der Waals surface area contributed by atoms with Gasteiger partial charge in [-0.2, -0.15) is 0 Å². The topological polar surface area (TPSA) is 70.2 Å². The number of aromatic nitrogens is 1. The fraction of sp³-hybridized carbons (Fsp3) is 0.231. The van der Waals surface area contributed by atoms with Crippen molar-refractivity contribution < 1.29 is 14.3 Å². The minimum atomic E-state index is -1.34. The number of carbonyl (C=O) groups is 1. The minimum absolute atomic E-state index is 0. The van der Waals surface area contributed by atoms with Crippen molar-refractivity contribution in [2.75, 3.05) is 0 Å². The molecule has 4 nitrogen and oxygen atoms in total. The summed E-state index contributed by atoms with van der Waals surface area (Å²) < 4.78 is 13.8. The van der Waals surface area contributed by atoms with Crippen molar-refractivity contribution in [2.24, 2.45) is 0 Å². The van der Waals surface area contributed by atoms with Crippen molar-refractivity contribution in [3.63, 3.8) is 0 Å². The second-order valence-corrected chi connectivity index (χ2v) is 5.00. The van der Waals surface area contributed by atoms with Crippen molar-refractivity contribution in [1.82, 2.24) is 4.98 Å². The molecule has 1 aliphatic carbocycles. The lowest BCUT2D eigenvalue weighted by atomic mass is 10.0. The summed E-state index contributed by atoms with van der Waals surface area (Å²) in [7, 11) is 0. The van der Waals surface area contributed by atoms with Gasteiger partial charge in [0, 0.05) is 25.6 Å². The van der Waals surface area contributed by atoms with Gasteiger partial charge in [0.1, 0.15) is 11.4 Å². The van der Waals surface area contributed by atoms with Gasteiger partial charge in [-0.25, -0.2) is 9.18 Å². The molecule has 1 aromatic heterocycles. The molecule has 0 spiro atoms. The molecular formula is C13H9BClFNO3. The Hall–Kier alpha value is -1.82. The van der Waals surface area contributed by atoms with E-state index >= 15 is 0 Å². The molecule has 0 bridgehead atoms. The molecule has 1 saturated carbocycles. The number of nitrogens with one attached hydrogen (secondary N) is 1. The number of carboxylic acid groups (broad SMARTS) is 1. The molecule has 20 heavy (non-hydrogen) atoms. The summed E-state index contributed by atoms with van der Waals surface area (Å²) in [5, 5.41) is 8.94. The zero-order chi connectivity index (χ0) is 13.7.